The molecule has 4 rings (SSSR count). The predicted molar refractivity (Wildman–Crippen MR) is 143 cm³/mol. The van der Waals surface area contributed by atoms with Crippen molar-refractivity contribution in [2.24, 2.45) is 5.73 Å². The summed E-state index contributed by atoms with van der Waals surface area (Å²) in [5.74, 6) is 0.260. The molecule has 188 valence electrons. The Balaban J connectivity index is 1.54. The lowest BCUT2D eigenvalue weighted by Crippen LogP contribution is -2.25. The highest BCUT2D eigenvalue weighted by Gasteiger charge is 2.19. The number of carbonyl (C=O) groups is 2. The standard InChI is InChI=1S/C31H29NO5/c1-2-35-29(33)17-18-36-30(31(32)34)24-13-15-27(16-14-24)37-28-20-25(22-9-5-3-6-10-22)19-26(21-28)23-11-7-4-8-12-23/h3-16,19-21,30H,2,17-18H2,1H3,(H2,32,34). The number of hydrogen-bond acceptors (Lipinski definition) is 5. The van der Waals surface area contributed by atoms with Crippen LogP contribution in [-0.4, -0.2) is 25.1 Å². The van der Waals surface area contributed by atoms with Crippen molar-refractivity contribution in [3.05, 3.63) is 109 Å². The lowest BCUT2D eigenvalue weighted by molar-refractivity contribution is -0.146. The van der Waals surface area contributed by atoms with E-state index in [0.29, 0.717) is 23.7 Å². The maximum atomic E-state index is 12.0. The van der Waals surface area contributed by atoms with Gasteiger partial charge in [-0.25, -0.2) is 0 Å². The zero-order valence-electron chi connectivity index (χ0n) is 20.6. The first kappa shape index (κ1) is 25.7. The van der Waals surface area contributed by atoms with Crippen LogP contribution in [-0.2, 0) is 19.1 Å². The van der Waals surface area contributed by atoms with Crippen LogP contribution in [0.25, 0.3) is 22.3 Å². The summed E-state index contributed by atoms with van der Waals surface area (Å²) >= 11 is 0. The highest BCUT2D eigenvalue weighted by atomic mass is 16.5. The second-order valence-electron chi connectivity index (χ2n) is 8.36. The topological polar surface area (TPSA) is 87.9 Å². The summed E-state index contributed by atoms with van der Waals surface area (Å²) in [5, 5.41) is 0. The van der Waals surface area contributed by atoms with Crippen molar-refractivity contribution >= 4 is 11.9 Å². The van der Waals surface area contributed by atoms with E-state index < -0.39 is 12.0 Å². The third kappa shape index (κ3) is 7.06. The molecule has 6 nitrogen and oxygen atoms in total. The SMILES string of the molecule is CCOC(=O)CCOC(C(N)=O)c1ccc(Oc2cc(-c3ccccc3)cc(-c3ccccc3)c2)cc1. The molecule has 1 atom stereocenters. The minimum absolute atomic E-state index is 0.0270. The first-order chi connectivity index (χ1) is 18.0. The van der Waals surface area contributed by atoms with Crippen LogP contribution in [0.1, 0.15) is 25.0 Å². The molecule has 0 saturated carbocycles. The first-order valence-corrected chi connectivity index (χ1v) is 12.1. The molecule has 0 radical (unpaired) electrons. The van der Waals surface area contributed by atoms with Gasteiger partial charge in [0.15, 0.2) is 6.10 Å². The fourth-order valence-corrected chi connectivity index (χ4v) is 3.94. The van der Waals surface area contributed by atoms with Crippen LogP contribution in [0.15, 0.2) is 103 Å². The second kappa shape index (κ2) is 12.5. The minimum Gasteiger partial charge on any atom is -0.466 e. The van der Waals surface area contributed by atoms with Crippen molar-refractivity contribution in [1.29, 1.82) is 0 Å². The normalized spacial score (nSPS) is 11.5. The Morgan fingerprint density at radius 2 is 1.30 bits per heavy atom. The van der Waals surface area contributed by atoms with E-state index in [1.807, 2.05) is 48.5 Å². The van der Waals surface area contributed by atoms with E-state index >= 15 is 0 Å². The fourth-order valence-electron chi connectivity index (χ4n) is 3.94. The molecule has 0 spiro atoms. The molecule has 0 aliphatic heterocycles. The molecule has 1 unspecified atom stereocenters. The molecule has 6 heteroatoms. The zero-order chi connectivity index (χ0) is 26.0. The van der Waals surface area contributed by atoms with Gasteiger partial charge in [0.2, 0.25) is 0 Å². The molecule has 4 aromatic carbocycles. The van der Waals surface area contributed by atoms with Gasteiger partial charge in [-0.15, -0.1) is 0 Å². The quantitative estimate of drug-likeness (QED) is 0.246. The number of nitrogens with two attached hydrogens (primary N) is 1. The summed E-state index contributed by atoms with van der Waals surface area (Å²) in [7, 11) is 0. The van der Waals surface area contributed by atoms with Crippen molar-refractivity contribution in [1.82, 2.24) is 0 Å². The van der Waals surface area contributed by atoms with Gasteiger partial charge >= 0.3 is 5.97 Å². The lowest BCUT2D eigenvalue weighted by Gasteiger charge is -2.16. The second-order valence-corrected chi connectivity index (χ2v) is 8.36. The van der Waals surface area contributed by atoms with Crippen LogP contribution in [0, 0.1) is 0 Å². The van der Waals surface area contributed by atoms with E-state index in [1.54, 1.807) is 31.2 Å². The average Bonchev–Trinajstić information content (AvgIpc) is 2.92. The largest absolute Gasteiger partial charge is 0.466 e. The molecule has 0 aliphatic carbocycles. The van der Waals surface area contributed by atoms with Crippen molar-refractivity contribution in [3.63, 3.8) is 0 Å². The summed E-state index contributed by atoms with van der Waals surface area (Å²) in [4.78, 5) is 23.5. The maximum absolute atomic E-state index is 12.0. The fraction of sp³-hybridized carbons (Fsp3) is 0.161. The Kier molecular flexibility index (Phi) is 8.68. The van der Waals surface area contributed by atoms with Crippen LogP contribution >= 0.6 is 0 Å². The molecule has 0 aliphatic rings. The van der Waals surface area contributed by atoms with Crippen LogP contribution in [0.5, 0.6) is 11.5 Å². The van der Waals surface area contributed by atoms with Crippen molar-refractivity contribution in [3.8, 4) is 33.8 Å². The van der Waals surface area contributed by atoms with Gasteiger partial charge in [-0.3, -0.25) is 9.59 Å². The highest BCUT2D eigenvalue weighted by Crippen LogP contribution is 2.34. The Morgan fingerprint density at radius 1 is 0.730 bits per heavy atom. The summed E-state index contributed by atoms with van der Waals surface area (Å²) in [6, 6.07) is 33.4. The van der Waals surface area contributed by atoms with Crippen molar-refractivity contribution in [2.75, 3.05) is 13.2 Å². The third-order valence-corrected chi connectivity index (χ3v) is 5.69. The maximum Gasteiger partial charge on any atom is 0.308 e. The predicted octanol–water partition coefficient (Wildman–Crippen LogP) is 6.31. The van der Waals surface area contributed by atoms with E-state index in [2.05, 4.69) is 30.3 Å². The number of hydrogen-bond donors (Lipinski definition) is 1. The average molecular weight is 496 g/mol. The summed E-state index contributed by atoms with van der Waals surface area (Å²) in [5.41, 5.74) is 10.4. The Labute approximate surface area is 216 Å². The van der Waals surface area contributed by atoms with Gasteiger partial charge in [0, 0.05) is 0 Å². The van der Waals surface area contributed by atoms with E-state index in [4.69, 9.17) is 19.9 Å². The molecule has 37 heavy (non-hydrogen) atoms. The summed E-state index contributed by atoms with van der Waals surface area (Å²) in [6.45, 7) is 2.05. The van der Waals surface area contributed by atoms with Gasteiger partial charge in [-0.2, -0.15) is 0 Å². The number of benzene rings is 4. The van der Waals surface area contributed by atoms with Crippen LogP contribution < -0.4 is 10.5 Å². The number of carbonyl (C=O) groups excluding carboxylic acids is 2. The van der Waals surface area contributed by atoms with Crippen molar-refractivity contribution < 1.29 is 23.8 Å². The molecule has 0 bridgehead atoms. The number of rotatable bonds is 11. The van der Waals surface area contributed by atoms with Gasteiger partial charge in [0.05, 0.1) is 19.6 Å². The van der Waals surface area contributed by atoms with E-state index in [9.17, 15) is 9.59 Å². The first-order valence-electron chi connectivity index (χ1n) is 12.1. The van der Waals surface area contributed by atoms with Gasteiger partial charge < -0.3 is 19.9 Å². The summed E-state index contributed by atoms with van der Waals surface area (Å²) < 4.78 is 16.7. The van der Waals surface area contributed by atoms with Gasteiger partial charge in [0.1, 0.15) is 11.5 Å². The van der Waals surface area contributed by atoms with Crippen molar-refractivity contribution in [2.45, 2.75) is 19.4 Å². The molecule has 0 saturated heterocycles. The smallest absolute Gasteiger partial charge is 0.308 e. The number of esters is 1. The number of amides is 1. The van der Waals surface area contributed by atoms with Crippen LogP contribution in [0.4, 0.5) is 0 Å². The molecule has 4 aromatic rings. The van der Waals surface area contributed by atoms with Gasteiger partial charge in [-0.1, -0.05) is 72.8 Å². The molecular formula is C31H29NO5. The third-order valence-electron chi connectivity index (χ3n) is 5.69. The lowest BCUT2D eigenvalue weighted by atomic mass is 9.98. The van der Waals surface area contributed by atoms with Gasteiger partial charge in [-0.05, 0) is 65.1 Å². The Hall–Kier alpha value is -4.42. The number of primary amides is 1. The molecule has 1 amide bonds. The van der Waals surface area contributed by atoms with Crippen LogP contribution in [0.3, 0.4) is 0 Å². The summed E-state index contributed by atoms with van der Waals surface area (Å²) in [6.07, 6.45) is -0.935. The monoisotopic (exact) mass is 495 g/mol. The molecule has 0 heterocycles. The van der Waals surface area contributed by atoms with E-state index in [0.717, 1.165) is 22.3 Å². The Bertz CT molecular complexity index is 1260. The Morgan fingerprint density at radius 3 is 1.81 bits per heavy atom. The van der Waals surface area contributed by atoms with Crippen LogP contribution in [0.2, 0.25) is 0 Å². The minimum atomic E-state index is -0.977. The zero-order valence-corrected chi connectivity index (χ0v) is 20.6. The molecule has 0 fully saturated rings. The number of ether oxygens (including phenoxy) is 3. The molecule has 0 aromatic heterocycles. The van der Waals surface area contributed by atoms with E-state index in [1.165, 1.54) is 0 Å². The highest BCUT2D eigenvalue weighted by molar-refractivity contribution is 5.80. The molecular weight excluding hydrogens is 466 g/mol. The van der Waals surface area contributed by atoms with Gasteiger partial charge in [0.25, 0.3) is 5.91 Å². The molecule has 2 N–H and O–H groups in total. The van der Waals surface area contributed by atoms with E-state index in [-0.39, 0.29) is 19.0 Å².